The Kier molecular flexibility index (Phi) is 7.51. The number of likely N-dealkylation sites (N-methyl/N-ethyl adjacent to an activating group) is 1. The Morgan fingerprint density at radius 3 is 2.36 bits per heavy atom. The molecule has 2 aromatic carbocycles. The Hall–Kier alpha value is -2.81. The summed E-state index contributed by atoms with van der Waals surface area (Å²) in [6.45, 7) is 0.552. The van der Waals surface area contributed by atoms with Crippen LogP contribution in [0.2, 0.25) is 10.0 Å². The van der Waals surface area contributed by atoms with Crippen molar-refractivity contribution in [1.29, 1.82) is 0 Å². The molecule has 1 saturated heterocycles. The van der Waals surface area contributed by atoms with Crippen LogP contribution < -0.4 is 9.47 Å². The molecule has 1 unspecified atom stereocenters. The number of halogens is 3. The van der Waals surface area contributed by atoms with Crippen LogP contribution in [0.4, 0.5) is 4.39 Å². The number of carbonyl (C=O) groups excluding carboxylic acids is 2. The maximum atomic E-state index is 14.8. The maximum Gasteiger partial charge on any atom is 0.295 e. The van der Waals surface area contributed by atoms with Gasteiger partial charge in [0.15, 0.2) is 11.5 Å². The van der Waals surface area contributed by atoms with Crippen LogP contribution in [0.3, 0.4) is 0 Å². The Labute approximate surface area is 200 Å². The van der Waals surface area contributed by atoms with Crippen molar-refractivity contribution in [2.24, 2.45) is 0 Å². The normalized spacial score (nSPS) is 17.7. The number of hydrogen-bond acceptors (Lipinski definition) is 6. The molecular weight excluding hydrogens is 474 g/mol. The zero-order valence-electron chi connectivity index (χ0n) is 18.5. The SMILES string of the molecule is COc1c(Cl)cc(/C(O)=C2\C(=O)C(=O)N(CCN(C)C)C2c2ccccc2F)c(OC)c1Cl. The quantitative estimate of drug-likeness (QED) is 0.352. The number of ketones is 1. The minimum atomic E-state index is -1.16. The molecule has 3 rings (SSSR count). The van der Waals surface area contributed by atoms with Crippen LogP contribution in [0.5, 0.6) is 11.5 Å². The van der Waals surface area contributed by atoms with Gasteiger partial charge in [-0.2, -0.15) is 0 Å². The predicted molar refractivity (Wildman–Crippen MR) is 124 cm³/mol. The Morgan fingerprint density at radius 1 is 1.15 bits per heavy atom. The van der Waals surface area contributed by atoms with E-state index in [1.807, 2.05) is 4.90 Å². The second-order valence-electron chi connectivity index (χ2n) is 7.60. The molecule has 1 heterocycles. The highest BCUT2D eigenvalue weighted by molar-refractivity contribution is 6.47. The van der Waals surface area contributed by atoms with Crippen molar-refractivity contribution < 1.29 is 28.6 Å². The first-order chi connectivity index (χ1) is 15.6. The third-order valence-electron chi connectivity index (χ3n) is 5.32. The van der Waals surface area contributed by atoms with Crippen LogP contribution in [-0.2, 0) is 9.59 Å². The number of hydrogen-bond donors (Lipinski definition) is 1. The second-order valence-corrected chi connectivity index (χ2v) is 8.39. The molecule has 1 amide bonds. The molecule has 0 aliphatic carbocycles. The van der Waals surface area contributed by atoms with Crippen molar-refractivity contribution in [3.8, 4) is 11.5 Å². The first-order valence-electron chi connectivity index (χ1n) is 9.91. The van der Waals surface area contributed by atoms with Gasteiger partial charge in [-0.05, 0) is 26.2 Å². The first kappa shape index (κ1) is 24.8. The van der Waals surface area contributed by atoms with E-state index in [4.69, 9.17) is 32.7 Å². The van der Waals surface area contributed by atoms with Gasteiger partial charge in [-0.3, -0.25) is 9.59 Å². The van der Waals surface area contributed by atoms with Crippen LogP contribution in [0.1, 0.15) is 17.2 Å². The zero-order chi connectivity index (χ0) is 24.4. The molecule has 10 heteroatoms. The van der Waals surface area contributed by atoms with Gasteiger partial charge in [0.05, 0.1) is 36.4 Å². The lowest BCUT2D eigenvalue weighted by atomic mass is 9.94. The fourth-order valence-electron chi connectivity index (χ4n) is 3.73. The molecular formula is C23H23Cl2FN2O5. The number of nitrogens with zero attached hydrogens (tertiary/aromatic N) is 2. The van der Waals surface area contributed by atoms with E-state index in [0.29, 0.717) is 6.54 Å². The van der Waals surface area contributed by atoms with E-state index >= 15 is 0 Å². The van der Waals surface area contributed by atoms with Crippen LogP contribution in [-0.4, -0.2) is 68.0 Å². The molecule has 0 spiro atoms. The summed E-state index contributed by atoms with van der Waals surface area (Å²) in [5.41, 5.74) is -0.249. The molecule has 7 nitrogen and oxygen atoms in total. The summed E-state index contributed by atoms with van der Waals surface area (Å²) in [7, 11) is 6.29. The highest BCUT2D eigenvalue weighted by Gasteiger charge is 2.47. The van der Waals surface area contributed by atoms with E-state index in [1.165, 1.54) is 43.4 Å². The molecule has 0 saturated carbocycles. The monoisotopic (exact) mass is 496 g/mol. The lowest BCUT2D eigenvalue weighted by Gasteiger charge is -2.27. The molecule has 0 bridgehead atoms. The molecule has 1 fully saturated rings. The Morgan fingerprint density at radius 2 is 1.79 bits per heavy atom. The Balaban J connectivity index is 2.29. The van der Waals surface area contributed by atoms with E-state index < -0.39 is 29.3 Å². The summed E-state index contributed by atoms with van der Waals surface area (Å²) >= 11 is 12.6. The van der Waals surface area contributed by atoms with Crippen LogP contribution in [0.15, 0.2) is 35.9 Å². The van der Waals surface area contributed by atoms with Gasteiger partial charge in [-0.15, -0.1) is 0 Å². The fourth-order valence-corrected chi connectivity index (χ4v) is 4.42. The third kappa shape index (κ3) is 4.51. The number of rotatable bonds is 7. The van der Waals surface area contributed by atoms with Crippen LogP contribution >= 0.6 is 23.2 Å². The number of carbonyl (C=O) groups is 2. The zero-order valence-corrected chi connectivity index (χ0v) is 20.0. The van der Waals surface area contributed by atoms with Crippen molar-refractivity contribution in [1.82, 2.24) is 9.80 Å². The van der Waals surface area contributed by atoms with Gasteiger partial charge in [0.25, 0.3) is 11.7 Å². The molecule has 0 aromatic heterocycles. The first-order valence-corrected chi connectivity index (χ1v) is 10.7. The molecule has 0 radical (unpaired) electrons. The molecule has 1 atom stereocenters. The standard InChI is InChI=1S/C23H23Cl2FN2O5/c1-27(2)9-10-28-18(12-7-5-6-8-15(12)26)16(20(30)23(28)31)19(29)13-11-14(24)22(33-4)17(25)21(13)32-3/h5-8,11,18,29H,9-10H2,1-4H3/b19-16+. The summed E-state index contributed by atoms with van der Waals surface area (Å²) < 4.78 is 25.3. The number of amides is 1. The van der Waals surface area contributed by atoms with Gasteiger partial charge in [-0.1, -0.05) is 41.4 Å². The topological polar surface area (TPSA) is 79.3 Å². The highest BCUT2D eigenvalue weighted by atomic mass is 35.5. The summed E-state index contributed by atoms with van der Waals surface area (Å²) in [6, 6.07) is 5.93. The van der Waals surface area contributed by atoms with E-state index in [0.717, 1.165) is 0 Å². The number of aliphatic hydroxyl groups is 1. The molecule has 1 N–H and O–H groups in total. The smallest absolute Gasteiger partial charge is 0.295 e. The van der Waals surface area contributed by atoms with Crippen molar-refractivity contribution in [3.05, 3.63) is 62.9 Å². The lowest BCUT2D eigenvalue weighted by Crippen LogP contribution is -2.35. The number of methoxy groups -OCH3 is 2. The molecule has 1 aliphatic rings. The van der Waals surface area contributed by atoms with Gasteiger partial charge in [0.2, 0.25) is 0 Å². The van der Waals surface area contributed by atoms with Gasteiger partial charge in [0, 0.05) is 18.7 Å². The van der Waals surface area contributed by atoms with Gasteiger partial charge < -0.3 is 24.4 Å². The van der Waals surface area contributed by atoms with Gasteiger partial charge in [0.1, 0.15) is 16.6 Å². The fraction of sp³-hybridized carbons (Fsp3) is 0.304. The van der Waals surface area contributed by atoms with Crippen LogP contribution in [0.25, 0.3) is 5.76 Å². The van der Waals surface area contributed by atoms with Crippen molar-refractivity contribution in [3.63, 3.8) is 0 Å². The molecule has 176 valence electrons. The second kappa shape index (κ2) is 9.99. The van der Waals surface area contributed by atoms with E-state index in [-0.39, 0.29) is 44.8 Å². The van der Waals surface area contributed by atoms with E-state index in [1.54, 1.807) is 20.2 Å². The minimum Gasteiger partial charge on any atom is -0.507 e. The Bertz CT molecular complexity index is 1140. The number of benzene rings is 2. The molecule has 2 aromatic rings. The summed E-state index contributed by atoms with van der Waals surface area (Å²) in [6.07, 6.45) is 0. The predicted octanol–water partition coefficient (Wildman–Crippen LogP) is 4.13. The average Bonchev–Trinajstić information content (AvgIpc) is 3.02. The number of aliphatic hydroxyl groups excluding tert-OH is 1. The van der Waals surface area contributed by atoms with Gasteiger partial charge >= 0.3 is 0 Å². The summed E-state index contributed by atoms with van der Waals surface area (Å²) in [4.78, 5) is 29.1. The van der Waals surface area contributed by atoms with E-state index in [2.05, 4.69) is 0 Å². The number of Topliss-reactive ketones (excluding diaryl/α,β-unsaturated/α-hetero) is 1. The third-order valence-corrected chi connectivity index (χ3v) is 5.95. The summed E-state index contributed by atoms with van der Waals surface area (Å²) in [5.74, 6) is -2.91. The molecule has 33 heavy (non-hydrogen) atoms. The van der Waals surface area contributed by atoms with Gasteiger partial charge in [-0.25, -0.2) is 4.39 Å². The molecule has 1 aliphatic heterocycles. The summed E-state index contributed by atoms with van der Waals surface area (Å²) in [5, 5.41) is 11.3. The minimum absolute atomic E-state index is 0.0119. The van der Waals surface area contributed by atoms with E-state index in [9.17, 15) is 19.1 Å². The average molecular weight is 497 g/mol. The van der Waals surface area contributed by atoms with Crippen LogP contribution in [0, 0.1) is 5.82 Å². The number of ether oxygens (including phenoxy) is 2. The maximum absolute atomic E-state index is 14.8. The van der Waals surface area contributed by atoms with Crippen molar-refractivity contribution in [2.75, 3.05) is 41.4 Å². The highest BCUT2D eigenvalue weighted by Crippen LogP contribution is 2.47. The van der Waals surface area contributed by atoms with Crippen molar-refractivity contribution >= 4 is 40.7 Å². The number of likely N-dealkylation sites (tertiary alicyclic amines) is 1. The largest absolute Gasteiger partial charge is 0.507 e. The lowest BCUT2D eigenvalue weighted by molar-refractivity contribution is -0.140. The van der Waals surface area contributed by atoms with Crippen molar-refractivity contribution in [2.45, 2.75) is 6.04 Å².